The standard InChI is InChI=1S/C12H24N2/c1-2-10-7-11(13)9-14(8-10)12-5-3-4-6-12/h10-12H,2-9,13H2,1H3. The SMILES string of the molecule is CCC1CC(N)CN(C2CCCC2)C1. The Labute approximate surface area is 87.8 Å². The van der Waals surface area contributed by atoms with Crippen LogP contribution in [0.2, 0.25) is 0 Å². The lowest BCUT2D eigenvalue weighted by atomic mass is 9.91. The minimum absolute atomic E-state index is 0.439. The summed E-state index contributed by atoms with van der Waals surface area (Å²) in [5.41, 5.74) is 6.12. The number of hydrogen-bond acceptors (Lipinski definition) is 2. The van der Waals surface area contributed by atoms with Gasteiger partial charge in [-0.05, 0) is 25.2 Å². The van der Waals surface area contributed by atoms with Gasteiger partial charge in [-0.25, -0.2) is 0 Å². The smallest absolute Gasteiger partial charge is 0.0171 e. The molecule has 2 heteroatoms. The van der Waals surface area contributed by atoms with Gasteiger partial charge >= 0.3 is 0 Å². The van der Waals surface area contributed by atoms with Crippen LogP contribution in [0.3, 0.4) is 0 Å². The molecular formula is C12H24N2. The zero-order valence-corrected chi connectivity index (χ0v) is 9.41. The van der Waals surface area contributed by atoms with E-state index in [9.17, 15) is 0 Å². The molecule has 2 aliphatic rings. The second-order valence-corrected chi connectivity index (χ2v) is 5.16. The molecule has 0 radical (unpaired) electrons. The number of nitrogens with zero attached hydrogens (tertiary/aromatic N) is 1. The molecule has 2 fully saturated rings. The fraction of sp³-hybridized carbons (Fsp3) is 1.00. The van der Waals surface area contributed by atoms with Crippen LogP contribution in [0.4, 0.5) is 0 Å². The first-order chi connectivity index (χ1) is 6.79. The summed E-state index contributed by atoms with van der Waals surface area (Å²) >= 11 is 0. The summed E-state index contributed by atoms with van der Waals surface area (Å²) in [6.45, 7) is 4.77. The van der Waals surface area contributed by atoms with Gasteiger partial charge in [0, 0.05) is 25.2 Å². The van der Waals surface area contributed by atoms with E-state index in [1.54, 1.807) is 0 Å². The summed E-state index contributed by atoms with van der Waals surface area (Å²) in [6, 6.07) is 1.31. The quantitative estimate of drug-likeness (QED) is 0.732. The highest BCUT2D eigenvalue weighted by Crippen LogP contribution is 2.28. The van der Waals surface area contributed by atoms with Crippen molar-refractivity contribution in [3.8, 4) is 0 Å². The Balaban J connectivity index is 1.90. The van der Waals surface area contributed by atoms with Gasteiger partial charge in [-0.2, -0.15) is 0 Å². The van der Waals surface area contributed by atoms with Crippen LogP contribution in [0.5, 0.6) is 0 Å². The van der Waals surface area contributed by atoms with Crippen molar-refractivity contribution in [3.05, 3.63) is 0 Å². The summed E-state index contributed by atoms with van der Waals surface area (Å²) in [6.07, 6.45) is 8.27. The molecule has 0 aromatic heterocycles. The normalized spacial score (nSPS) is 36.4. The number of piperidine rings is 1. The first kappa shape index (κ1) is 10.4. The Morgan fingerprint density at radius 2 is 1.93 bits per heavy atom. The van der Waals surface area contributed by atoms with E-state index in [4.69, 9.17) is 5.73 Å². The van der Waals surface area contributed by atoms with Gasteiger partial charge in [-0.3, -0.25) is 4.90 Å². The zero-order valence-electron chi connectivity index (χ0n) is 9.41. The zero-order chi connectivity index (χ0) is 9.97. The molecule has 2 unspecified atom stereocenters. The molecule has 0 aromatic rings. The average molecular weight is 196 g/mol. The third-order valence-corrected chi connectivity index (χ3v) is 4.02. The van der Waals surface area contributed by atoms with Crippen molar-refractivity contribution < 1.29 is 0 Å². The van der Waals surface area contributed by atoms with E-state index in [1.165, 1.54) is 45.1 Å². The maximum atomic E-state index is 6.12. The molecule has 14 heavy (non-hydrogen) atoms. The number of nitrogens with two attached hydrogens (primary N) is 1. The van der Waals surface area contributed by atoms with Crippen molar-refractivity contribution in [1.82, 2.24) is 4.90 Å². The third-order valence-electron chi connectivity index (χ3n) is 4.02. The van der Waals surface area contributed by atoms with Crippen LogP contribution in [0.15, 0.2) is 0 Å². The lowest BCUT2D eigenvalue weighted by Gasteiger charge is -2.39. The maximum Gasteiger partial charge on any atom is 0.0171 e. The third kappa shape index (κ3) is 2.29. The molecule has 1 heterocycles. The predicted molar refractivity (Wildman–Crippen MR) is 60.2 cm³/mol. The molecule has 1 aliphatic carbocycles. The lowest BCUT2D eigenvalue weighted by Crippen LogP contribution is -2.50. The molecule has 2 atom stereocenters. The Morgan fingerprint density at radius 3 is 2.57 bits per heavy atom. The van der Waals surface area contributed by atoms with Crippen molar-refractivity contribution in [2.24, 2.45) is 11.7 Å². The molecule has 1 aliphatic heterocycles. The summed E-state index contributed by atoms with van der Waals surface area (Å²) < 4.78 is 0. The van der Waals surface area contributed by atoms with Crippen molar-refractivity contribution in [3.63, 3.8) is 0 Å². The largest absolute Gasteiger partial charge is 0.327 e. The minimum Gasteiger partial charge on any atom is -0.327 e. The Morgan fingerprint density at radius 1 is 1.21 bits per heavy atom. The van der Waals surface area contributed by atoms with Crippen LogP contribution in [-0.2, 0) is 0 Å². The van der Waals surface area contributed by atoms with Crippen molar-refractivity contribution in [2.75, 3.05) is 13.1 Å². The van der Waals surface area contributed by atoms with E-state index >= 15 is 0 Å². The van der Waals surface area contributed by atoms with Crippen LogP contribution in [0, 0.1) is 5.92 Å². The molecule has 0 aromatic carbocycles. The van der Waals surface area contributed by atoms with Gasteiger partial charge in [0.1, 0.15) is 0 Å². The van der Waals surface area contributed by atoms with E-state index < -0.39 is 0 Å². The molecule has 0 bridgehead atoms. The monoisotopic (exact) mass is 196 g/mol. The van der Waals surface area contributed by atoms with E-state index in [0.717, 1.165) is 18.5 Å². The Kier molecular flexibility index (Phi) is 3.45. The summed E-state index contributed by atoms with van der Waals surface area (Å²) in [5.74, 6) is 0.861. The van der Waals surface area contributed by atoms with Crippen molar-refractivity contribution in [1.29, 1.82) is 0 Å². The lowest BCUT2D eigenvalue weighted by molar-refractivity contribution is 0.109. The van der Waals surface area contributed by atoms with Gasteiger partial charge in [0.2, 0.25) is 0 Å². The molecule has 2 nitrogen and oxygen atoms in total. The fourth-order valence-corrected chi connectivity index (χ4v) is 3.15. The fourth-order valence-electron chi connectivity index (χ4n) is 3.15. The average Bonchev–Trinajstić information content (AvgIpc) is 2.69. The molecule has 2 N–H and O–H groups in total. The molecular weight excluding hydrogens is 172 g/mol. The van der Waals surface area contributed by atoms with E-state index in [2.05, 4.69) is 11.8 Å². The molecule has 0 spiro atoms. The number of hydrogen-bond donors (Lipinski definition) is 1. The Bertz CT molecular complexity index is 175. The second kappa shape index (κ2) is 4.63. The number of rotatable bonds is 2. The van der Waals surface area contributed by atoms with Gasteiger partial charge in [0.25, 0.3) is 0 Å². The molecule has 1 saturated heterocycles. The molecule has 1 saturated carbocycles. The minimum atomic E-state index is 0.439. The van der Waals surface area contributed by atoms with Gasteiger partial charge in [-0.1, -0.05) is 26.2 Å². The Hall–Kier alpha value is -0.0800. The highest BCUT2D eigenvalue weighted by atomic mass is 15.2. The molecule has 2 rings (SSSR count). The molecule has 82 valence electrons. The first-order valence-corrected chi connectivity index (χ1v) is 6.29. The summed E-state index contributed by atoms with van der Waals surface area (Å²) in [4.78, 5) is 2.68. The van der Waals surface area contributed by atoms with Crippen LogP contribution < -0.4 is 5.73 Å². The van der Waals surface area contributed by atoms with Crippen LogP contribution in [-0.4, -0.2) is 30.1 Å². The van der Waals surface area contributed by atoms with E-state index in [-0.39, 0.29) is 0 Å². The second-order valence-electron chi connectivity index (χ2n) is 5.16. The van der Waals surface area contributed by atoms with E-state index in [1.807, 2.05) is 0 Å². The van der Waals surface area contributed by atoms with Gasteiger partial charge in [-0.15, -0.1) is 0 Å². The van der Waals surface area contributed by atoms with Gasteiger partial charge < -0.3 is 5.73 Å². The topological polar surface area (TPSA) is 29.3 Å². The van der Waals surface area contributed by atoms with Crippen LogP contribution in [0.1, 0.15) is 45.4 Å². The predicted octanol–water partition coefficient (Wildman–Crippen LogP) is 1.99. The summed E-state index contributed by atoms with van der Waals surface area (Å²) in [7, 11) is 0. The first-order valence-electron chi connectivity index (χ1n) is 6.29. The number of likely N-dealkylation sites (tertiary alicyclic amines) is 1. The highest BCUT2D eigenvalue weighted by Gasteiger charge is 2.30. The van der Waals surface area contributed by atoms with Crippen molar-refractivity contribution in [2.45, 2.75) is 57.5 Å². The van der Waals surface area contributed by atoms with Gasteiger partial charge in [0.15, 0.2) is 0 Å². The van der Waals surface area contributed by atoms with E-state index in [0.29, 0.717) is 6.04 Å². The van der Waals surface area contributed by atoms with Gasteiger partial charge in [0.05, 0.1) is 0 Å². The summed E-state index contributed by atoms with van der Waals surface area (Å²) in [5, 5.41) is 0. The highest BCUT2D eigenvalue weighted by molar-refractivity contribution is 4.86. The van der Waals surface area contributed by atoms with Crippen LogP contribution >= 0.6 is 0 Å². The molecule has 0 amide bonds. The van der Waals surface area contributed by atoms with Crippen LogP contribution in [0.25, 0.3) is 0 Å². The van der Waals surface area contributed by atoms with Crippen molar-refractivity contribution >= 4 is 0 Å². The maximum absolute atomic E-state index is 6.12.